The zero-order valence-corrected chi connectivity index (χ0v) is 17.4. The molecule has 0 spiro atoms. The highest BCUT2D eigenvalue weighted by Crippen LogP contribution is 2.18. The number of carbonyl (C=O) groups excluding carboxylic acids is 1. The van der Waals surface area contributed by atoms with Crippen molar-refractivity contribution in [3.8, 4) is 5.69 Å². The van der Waals surface area contributed by atoms with Gasteiger partial charge in [-0.3, -0.25) is 9.69 Å². The van der Waals surface area contributed by atoms with E-state index in [0.29, 0.717) is 13.0 Å². The second-order valence-corrected chi connectivity index (χ2v) is 8.15. The number of hydrogen-bond donors (Lipinski definition) is 1. The second-order valence-electron chi connectivity index (χ2n) is 8.15. The van der Waals surface area contributed by atoms with Crippen LogP contribution in [0.1, 0.15) is 36.5 Å². The van der Waals surface area contributed by atoms with Crippen molar-refractivity contribution in [3.05, 3.63) is 71.5 Å². The van der Waals surface area contributed by atoms with Crippen LogP contribution in [0.2, 0.25) is 0 Å². The van der Waals surface area contributed by atoms with Gasteiger partial charge in [-0.1, -0.05) is 43.3 Å². The lowest BCUT2D eigenvalue weighted by Gasteiger charge is -2.30. The molecule has 0 radical (unpaired) electrons. The largest absolute Gasteiger partial charge is 0.352 e. The molecule has 3 aromatic rings. The second kappa shape index (κ2) is 9.63. The molecule has 1 aliphatic heterocycles. The minimum absolute atomic E-state index is 0.0108. The first-order valence-electron chi connectivity index (χ1n) is 10.5. The zero-order chi connectivity index (χ0) is 20.8. The Kier molecular flexibility index (Phi) is 6.49. The van der Waals surface area contributed by atoms with E-state index >= 15 is 0 Å². The zero-order valence-electron chi connectivity index (χ0n) is 17.4. The number of piperidine rings is 1. The van der Waals surface area contributed by atoms with Crippen molar-refractivity contribution in [1.82, 2.24) is 30.4 Å². The Hall–Kier alpha value is -3.06. The fourth-order valence-electron chi connectivity index (χ4n) is 3.74. The van der Waals surface area contributed by atoms with E-state index < -0.39 is 0 Å². The lowest BCUT2D eigenvalue weighted by atomic mass is 9.99. The Morgan fingerprint density at radius 1 is 1.00 bits per heavy atom. The molecule has 7 heteroatoms. The number of tetrazole rings is 1. The standard InChI is InChI=1S/C23H28N6O/c1-18-10-12-28(13-11-18)16-21-4-2-20(3-5-21)15-24-23(30)14-19-6-8-22(9-7-19)29-17-25-26-27-29/h2-9,17-18H,10-16H2,1H3,(H,24,30). The third kappa shape index (κ3) is 5.51. The van der Waals surface area contributed by atoms with Gasteiger partial charge in [-0.05, 0) is 71.1 Å². The monoisotopic (exact) mass is 404 g/mol. The molecule has 0 saturated carbocycles. The first kappa shape index (κ1) is 20.2. The van der Waals surface area contributed by atoms with Crippen LogP contribution in [0.4, 0.5) is 0 Å². The van der Waals surface area contributed by atoms with E-state index in [0.717, 1.165) is 29.3 Å². The highest BCUT2D eigenvalue weighted by atomic mass is 16.1. The molecule has 156 valence electrons. The number of benzene rings is 2. The van der Waals surface area contributed by atoms with Gasteiger partial charge in [0.1, 0.15) is 6.33 Å². The molecular formula is C23H28N6O. The quantitative estimate of drug-likeness (QED) is 0.655. The van der Waals surface area contributed by atoms with Crippen LogP contribution in [-0.4, -0.2) is 44.1 Å². The van der Waals surface area contributed by atoms with Gasteiger partial charge in [0, 0.05) is 13.1 Å². The minimum Gasteiger partial charge on any atom is -0.352 e. The van der Waals surface area contributed by atoms with Gasteiger partial charge in [0.25, 0.3) is 0 Å². The van der Waals surface area contributed by atoms with Crippen LogP contribution < -0.4 is 5.32 Å². The maximum atomic E-state index is 12.3. The molecular weight excluding hydrogens is 376 g/mol. The van der Waals surface area contributed by atoms with Crippen LogP contribution in [0, 0.1) is 5.92 Å². The predicted octanol–water partition coefficient (Wildman–Crippen LogP) is 2.75. The van der Waals surface area contributed by atoms with E-state index in [1.54, 1.807) is 11.0 Å². The summed E-state index contributed by atoms with van der Waals surface area (Å²) in [6.45, 7) is 6.28. The number of likely N-dealkylation sites (tertiary alicyclic amines) is 1. The molecule has 1 saturated heterocycles. The minimum atomic E-state index is 0.0108. The molecule has 2 heterocycles. The summed E-state index contributed by atoms with van der Waals surface area (Å²) in [6, 6.07) is 16.2. The molecule has 4 rings (SSSR count). The van der Waals surface area contributed by atoms with Crippen molar-refractivity contribution in [2.75, 3.05) is 13.1 Å². The van der Waals surface area contributed by atoms with E-state index in [2.05, 4.69) is 56.9 Å². The van der Waals surface area contributed by atoms with Gasteiger partial charge < -0.3 is 5.32 Å². The third-order valence-corrected chi connectivity index (χ3v) is 5.71. The van der Waals surface area contributed by atoms with Crippen molar-refractivity contribution in [2.24, 2.45) is 5.92 Å². The van der Waals surface area contributed by atoms with Gasteiger partial charge in [-0.15, -0.1) is 5.10 Å². The average molecular weight is 405 g/mol. The summed E-state index contributed by atoms with van der Waals surface area (Å²) >= 11 is 0. The van der Waals surface area contributed by atoms with Crippen LogP contribution in [0.3, 0.4) is 0 Å². The Balaban J connectivity index is 1.22. The maximum Gasteiger partial charge on any atom is 0.224 e. The van der Waals surface area contributed by atoms with Crippen LogP contribution in [0.25, 0.3) is 5.69 Å². The van der Waals surface area contributed by atoms with E-state index in [1.807, 2.05) is 24.3 Å². The van der Waals surface area contributed by atoms with E-state index in [9.17, 15) is 4.79 Å². The fraction of sp³-hybridized carbons (Fsp3) is 0.391. The molecule has 0 unspecified atom stereocenters. The van der Waals surface area contributed by atoms with Gasteiger partial charge in [0.2, 0.25) is 5.91 Å². The van der Waals surface area contributed by atoms with E-state index in [1.165, 1.54) is 31.5 Å². The van der Waals surface area contributed by atoms with Crippen molar-refractivity contribution >= 4 is 5.91 Å². The highest BCUT2D eigenvalue weighted by molar-refractivity contribution is 5.78. The number of nitrogens with zero attached hydrogens (tertiary/aromatic N) is 5. The summed E-state index contributed by atoms with van der Waals surface area (Å²) in [6.07, 6.45) is 4.48. The van der Waals surface area contributed by atoms with Crippen molar-refractivity contribution in [3.63, 3.8) is 0 Å². The number of aromatic nitrogens is 4. The smallest absolute Gasteiger partial charge is 0.224 e. The van der Waals surface area contributed by atoms with Gasteiger partial charge in [-0.2, -0.15) is 0 Å². The molecule has 30 heavy (non-hydrogen) atoms. The average Bonchev–Trinajstić information content (AvgIpc) is 3.30. The Morgan fingerprint density at radius 3 is 2.33 bits per heavy atom. The third-order valence-electron chi connectivity index (χ3n) is 5.71. The van der Waals surface area contributed by atoms with Crippen molar-refractivity contribution in [1.29, 1.82) is 0 Å². The van der Waals surface area contributed by atoms with Crippen molar-refractivity contribution < 1.29 is 4.79 Å². The van der Waals surface area contributed by atoms with E-state index in [4.69, 9.17) is 0 Å². The molecule has 1 amide bonds. The maximum absolute atomic E-state index is 12.3. The number of rotatable bonds is 7. The first-order chi connectivity index (χ1) is 14.7. The summed E-state index contributed by atoms with van der Waals surface area (Å²) in [4.78, 5) is 14.8. The van der Waals surface area contributed by atoms with Gasteiger partial charge in [0.05, 0.1) is 12.1 Å². The Bertz CT molecular complexity index is 929. The van der Waals surface area contributed by atoms with Crippen LogP contribution in [-0.2, 0) is 24.3 Å². The van der Waals surface area contributed by atoms with Crippen LogP contribution in [0.5, 0.6) is 0 Å². The van der Waals surface area contributed by atoms with Crippen LogP contribution >= 0.6 is 0 Å². The normalized spacial score (nSPS) is 15.2. The lowest BCUT2D eigenvalue weighted by Crippen LogP contribution is -2.32. The van der Waals surface area contributed by atoms with Gasteiger partial charge >= 0.3 is 0 Å². The summed E-state index contributed by atoms with van der Waals surface area (Å²) in [5, 5.41) is 14.1. The molecule has 2 aromatic carbocycles. The highest BCUT2D eigenvalue weighted by Gasteiger charge is 2.15. The number of carbonyl (C=O) groups is 1. The molecule has 0 atom stereocenters. The molecule has 1 aromatic heterocycles. The summed E-state index contributed by atoms with van der Waals surface area (Å²) in [7, 11) is 0. The number of nitrogens with one attached hydrogen (secondary N) is 1. The fourth-order valence-corrected chi connectivity index (χ4v) is 3.74. The summed E-state index contributed by atoms with van der Waals surface area (Å²) < 4.78 is 1.58. The molecule has 0 bridgehead atoms. The predicted molar refractivity (Wildman–Crippen MR) is 115 cm³/mol. The van der Waals surface area contributed by atoms with Crippen molar-refractivity contribution in [2.45, 2.75) is 39.3 Å². The topological polar surface area (TPSA) is 75.9 Å². The van der Waals surface area contributed by atoms with Gasteiger partial charge in [-0.25, -0.2) is 4.68 Å². The summed E-state index contributed by atoms with van der Waals surface area (Å²) in [5.74, 6) is 0.868. The van der Waals surface area contributed by atoms with Gasteiger partial charge in [0.15, 0.2) is 0 Å². The first-order valence-corrected chi connectivity index (χ1v) is 10.5. The number of hydrogen-bond acceptors (Lipinski definition) is 5. The SMILES string of the molecule is CC1CCN(Cc2ccc(CNC(=O)Cc3ccc(-n4cnnn4)cc3)cc2)CC1. The van der Waals surface area contributed by atoms with Crippen LogP contribution in [0.15, 0.2) is 54.9 Å². The molecule has 1 N–H and O–H groups in total. The lowest BCUT2D eigenvalue weighted by molar-refractivity contribution is -0.120. The molecule has 0 aliphatic carbocycles. The molecule has 1 fully saturated rings. The molecule has 7 nitrogen and oxygen atoms in total. The summed E-state index contributed by atoms with van der Waals surface area (Å²) in [5.41, 5.74) is 4.27. The Labute approximate surface area is 177 Å². The number of amides is 1. The molecule has 1 aliphatic rings. The Morgan fingerprint density at radius 2 is 1.67 bits per heavy atom. The van der Waals surface area contributed by atoms with E-state index in [-0.39, 0.29) is 5.91 Å².